The molecule has 0 bridgehead atoms. The molecule has 19 heavy (non-hydrogen) atoms. The Morgan fingerprint density at radius 2 is 1.32 bits per heavy atom. The van der Waals surface area contributed by atoms with Crippen LogP contribution >= 0.6 is 0 Å². The van der Waals surface area contributed by atoms with Crippen molar-refractivity contribution in [3.8, 4) is 0 Å². The van der Waals surface area contributed by atoms with Crippen molar-refractivity contribution in [1.82, 2.24) is 15.4 Å². The summed E-state index contributed by atoms with van der Waals surface area (Å²) in [5.41, 5.74) is 4.38. The number of hydrogen-bond donors (Lipinski definition) is 1. The number of aromatic amines is 1. The number of rotatable bonds is 3. The van der Waals surface area contributed by atoms with E-state index in [1.807, 2.05) is 19.1 Å². The molecule has 1 aromatic heterocycles. The maximum Gasteiger partial charge on any atom is 0.0972 e. The van der Waals surface area contributed by atoms with Gasteiger partial charge in [-0.2, -0.15) is 15.4 Å². The minimum atomic E-state index is 0.126. The van der Waals surface area contributed by atoms with Crippen LogP contribution in [0.3, 0.4) is 0 Å². The molecule has 1 N–H and O–H groups in total. The summed E-state index contributed by atoms with van der Waals surface area (Å²) in [5.74, 6) is 0.126. The molecule has 3 nitrogen and oxygen atoms in total. The Morgan fingerprint density at radius 3 is 1.74 bits per heavy atom. The molecule has 3 heteroatoms. The zero-order chi connectivity index (χ0) is 13.1. The second-order valence-corrected chi connectivity index (χ2v) is 4.55. The lowest BCUT2D eigenvalue weighted by molar-refractivity contribution is 0.870. The predicted molar refractivity (Wildman–Crippen MR) is 74.9 cm³/mol. The average molecular weight is 249 g/mol. The quantitative estimate of drug-likeness (QED) is 0.773. The van der Waals surface area contributed by atoms with Gasteiger partial charge >= 0.3 is 0 Å². The smallest absolute Gasteiger partial charge is 0.0972 e. The van der Waals surface area contributed by atoms with Gasteiger partial charge in [0.05, 0.1) is 17.3 Å². The number of H-pyrrole nitrogens is 1. The average Bonchev–Trinajstić information content (AvgIpc) is 2.88. The molecule has 1 heterocycles. The SMILES string of the molecule is Cc1n[nH]nc1C(c1ccccc1)c1ccccc1. The van der Waals surface area contributed by atoms with Crippen LogP contribution < -0.4 is 0 Å². The third-order valence-electron chi connectivity index (χ3n) is 3.30. The Morgan fingerprint density at radius 1 is 0.789 bits per heavy atom. The summed E-state index contributed by atoms with van der Waals surface area (Å²) in [5, 5.41) is 11.2. The minimum Gasteiger partial charge on any atom is -0.197 e. The lowest BCUT2D eigenvalue weighted by Crippen LogP contribution is -2.05. The molecule has 0 aliphatic heterocycles. The summed E-state index contributed by atoms with van der Waals surface area (Å²) in [7, 11) is 0. The van der Waals surface area contributed by atoms with Gasteiger partial charge in [0.2, 0.25) is 0 Å². The van der Waals surface area contributed by atoms with Crippen LogP contribution in [0, 0.1) is 6.92 Å². The van der Waals surface area contributed by atoms with Gasteiger partial charge < -0.3 is 0 Å². The van der Waals surface area contributed by atoms with Crippen LogP contribution in [0.4, 0.5) is 0 Å². The van der Waals surface area contributed by atoms with E-state index in [9.17, 15) is 0 Å². The Labute approximate surface area is 112 Å². The van der Waals surface area contributed by atoms with Crippen molar-refractivity contribution < 1.29 is 0 Å². The highest BCUT2D eigenvalue weighted by molar-refractivity contribution is 5.41. The molecule has 0 atom stereocenters. The number of aromatic nitrogens is 3. The van der Waals surface area contributed by atoms with E-state index in [0.717, 1.165) is 11.4 Å². The molecule has 0 saturated heterocycles. The molecule has 3 aromatic rings. The van der Waals surface area contributed by atoms with E-state index in [0.29, 0.717) is 0 Å². The number of hydrogen-bond acceptors (Lipinski definition) is 2. The summed E-state index contributed by atoms with van der Waals surface area (Å²) < 4.78 is 0. The zero-order valence-electron chi connectivity index (χ0n) is 10.7. The lowest BCUT2D eigenvalue weighted by atomic mass is 9.88. The Bertz CT molecular complexity index is 605. The van der Waals surface area contributed by atoms with E-state index in [4.69, 9.17) is 0 Å². The van der Waals surface area contributed by atoms with Crippen LogP contribution in [0.1, 0.15) is 28.4 Å². The van der Waals surface area contributed by atoms with Gasteiger partial charge in [0.1, 0.15) is 0 Å². The Hall–Kier alpha value is -2.42. The maximum atomic E-state index is 4.33. The normalized spacial score (nSPS) is 10.8. The van der Waals surface area contributed by atoms with Gasteiger partial charge in [-0.1, -0.05) is 60.7 Å². The standard InChI is InChI=1S/C16H15N3/c1-12-16(18-19-17-12)15(13-8-4-2-5-9-13)14-10-6-3-7-11-14/h2-11,15H,1H3,(H,17,18,19). The summed E-state index contributed by atoms with van der Waals surface area (Å²) in [6.45, 7) is 1.98. The first-order chi connectivity index (χ1) is 9.36. The van der Waals surface area contributed by atoms with Gasteiger partial charge in [0, 0.05) is 0 Å². The highest BCUT2D eigenvalue weighted by atomic mass is 15.3. The maximum absolute atomic E-state index is 4.33. The van der Waals surface area contributed by atoms with Crippen molar-refractivity contribution in [3.63, 3.8) is 0 Å². The second-order valence-electron chi connectivity index (χ2n) is 4.55. The van der Waals surface area contributed by atoms with Crippen molar-refractivity contribution in [1.29, 1.82) is 0 Å². The van der Waals surface area contributed by atoms with Crippen LogP contribution in [0.2, 0.25) is 0 Å². The van der Waals surface area contributed by atoms with Gasteiger partial charge in [0.25, 0.3) is 0 Å². The molecule has 0 saturated carbocycles. The molecule has 3 rings (SSSR count). The van der Waals surface area contributed by atoms with Gasteiger partial charge in [-0.15, -0.1) is 0 Å². The monoisotopic (exact) mass is 249 g/mol. The molecule has 2 aromatic carbocycles. The van der Waals surface area contributed by atoms with Gasteiger partial charge in [-0.25, -0.2) is 0 Å². The highest BCUT2D eigenvalue weighted by Crippen LogP contribution is 2.31. The third-order valence-corrected chi connectivity index (χ3v) is 3.30. The summed E-state index contributed by atoms with van der Waals surface area (Å²) in [6.07, 6.45) is 0. The van der Waals surface area contributed by atoms with E-state index >= 15 is 0 Å². The molecule has 0 aliphatic rings. The Kier molecular flexibility index (Phi) is 3.11. The molecule has 0 spiro atoms. The molecular weight excluding hydrogens is 234 g/mol. The first-order valence-corrected chi connectivity index (χ1v) is 6.33. The van der Waals surface area contributed by atoms with Gasteiger partial charge in [-0.3, -0.25) is 0 Å². The molecule has 0 radical (unpaired) electrons. The minimum absolute atomic E-state index is 0.126. The molecule has 0 amide bonds. The van der Waals surface area contributed by atoms with Crippen molar-refractivity contribution in [2.24, 2.45) is 0 Å². The van der Waals surface area contributed by atoms with Crippen molar-refractivity contribution >= 4 is 0 Å². The van der Waals surface area contributed by atoms with Crippen LogP contribution in [-0.4, -0.2) is 15.4 Å². The first kappa shape index (κ1) is 11.7. The molecule has 94 valence electrons. The fraction of sp³-hybridized carbons (Fsp3) is 0.125. The molecule has 0 unspecified atom stereocenters. The second kappa shape index (κ2) is 5.06. The third kappa shape index (κ3) is 2.27. The number of benzene rings is 2. The predicted octanol–water partition coefficient (Wildman–Crippen LogP) is 3.29. The van der Waals surface area contributed by atoms with Gasteiger partial charge in [0.15, 0.2) is 0 Å². The topological polar surface area (TPSA) is 41.6 Å². The van der Waals surface area contributed by atoms with E-state index in [1.165, 1.54) is 11.1 Å². The molecule has 0 aliphatic carbocycles. The summed E-state index contributed by atoms with van der Waals surface area (Å²) >= 11 is 0. The van der Waals surface area contributed by atoms with E-state index in [1.54, 1.807) is 0 Å². The number of nitrogens with one attached hydrogen (secondary N) is 1. The van der Waals surface area contributed by atoms with E-state index < -0.39 is 0 Å². The van der Waals surface area contributed by atoms with Crippen LogP contribution in [0.25, 0.3) is 0 Å². The fourth-order valence-corrected chi connectivity index (χ4v) is 2.36. The van der Waals surface area contributed by atoms with Crippen LogP contribution in [0.5, 0.6) is 0 Å². The van der Waals surface area contributed by atoms with Crippen molar-refractivity contribution in [3.05, 3.63) is 83.2 Å². The lowest BCUT2D eigenvalue weighted by Gasteiger charge is -2.16. The fourth-order valence-electron chi connectivity index (χ4n) is 2.36. The number of aryl methyl sites for hydroxylation is 1. The summed E-state index contributed by atoms with van der Waals surface area (Å²) in [4.78, 5) is 0. The van der Waals surface area contributed by atoms with Crippen molar-refractivity contribution in [2.75, 3.05) is 0 Å². The van der Waals surface area contributed by atoms with Crippen molar-refractivity contribution in [2.45, 2.75) is 12.8 Å². The van der Waals surface area contributed by atoms with E-state index in [-0.39, 0.29) is 5.92 Å². The Balaban J connectivity index is 2.15. The van der Waals surface area contributed by atoms with Gasteiger partial charge in [-0.05, 0) is 18.1 Å². The zero-order valence-corrected chi connectivity index (χ0v) is 10.7. The first-order valence-electron chi connectivity index (χ1n) is 6.33. The van der Waals surface area contributed by atoms with Crippen LogP contribution in [-0.2, 0) is 0 Å². The number of nitrogens with zero attached hydrogens (tertiary/aromatic N) is 2. The molecular formula is C16H15N3. The van der Waals surface area contributed by atoms with Crippen LogP contribution in [0.15, 0.2) is 60.7 Å². The van der Waals surface area contributed by atoms with E-state index in [2.05, 4.69) is 63.9 Å². The summed E-state index contributed by atoms with van der Waals surface area (Å²) in [6, 6.07) is 20.8. The largest absolute Gasteiger partial charge is 0.197 e. The molecule has 0 fully saturated rings. The highest BCUT2D eigenvalue weighted by Gasteiger charge is 2.21.